The van der Waals surface area contributed by atoms with Crippen LogP contribution in [0.3, 0.4) is 0 Å². The smallest absolute Gasteiger partial charge is 0.252 e. The number of amides is 3. The first-order valence-corrected chi connectivity index (χ1v) is 32.0. The van der Waals surface area contributed by atoms with Crippen LogP contribution in [0.4, 0.5) is 17.1 Å². The molecule has 0 aliphatic rings. The predicted octanol–water partition coefficient (Wildman–Crippen LogP) is 10.4. The summed E-state index contributed by atoms with van der Waals surface area (Å²) in [6.07, 6.45) is 13.2. The van der Waals surface area contributed by atoms with Crippen LogP contribution in [0.25, 0.3) is 32.7 Å². The lowest BCUT2D eigenvalue weighted by Crippen LogP contribution is -2.57. The van der Waals surface area contributed by atoms with E-state index in [2.05, 4.69) is 30.9 Å². The first-order valence-electron chi connectivity index (χ1n) is 32.0. The summed E-state index contributed by atoms with van der Waals surface area (Å²) in [5.41, 5.74) is 42.7. The number of aromatic amines is 3. The highest BCUT2D eigenvalue weighted by Gasteiger charge is 2.43. The van der Waals surface area contributed by atoms with Gasteiger partial charge < -0.3 is 65.3 Å². The van der Waals surface area contributed by atoms with Gasteiger partial charge in [-0.2, -0.15) is 0 Å². The Balaban J connectivity index is 0.937. The summed E-state index contributed by atoms with van der Waals surface area (Å²) >= 11 is 0. The molecule has 18 N–H and O–H groups in total. The van der Waals surface area contributed by atoms with Crippen molar-refractivity contribution in [2.45, 2.75) is 138 Å². The summed E-state index contributed by atoms with van der Waals surface area (Å²) < 4.78 is 0. The Morgan fingerprint density at radius 1 is 0.352 bits per heavy atom. The molecule has 0 saturated heterocycles. The zero-order valence-electron chi connectivity index (χ0n) is 51.9. The molecule has 3 atom stereocenters. The SMILES string of the molecule is NCCCC[C@@](N)(C(=O)CCCc1c[nH]c2ccccc12)C(=O)Nc1ccc(C(c2ccc(NC(=O)[C@@](N)(CCCCN)C(=O)CCCc3c[nH]c4ccccc34)cc2)c2ccc(NC(=O)[C@@](N)(CCCCN)C(=O)CCCc3c[nH]c4ccccc34)cc2)cc1. The van der Waals surface area contributed by atoms with E-state index in [9.17, 15) is 28.8 Å². The molecule has 0 aliphatic heterocycles. The lowest BCUT2D eigenvalue weighted by atomic mass is 9.84. The van der Waals surface area contributed by atoms with Crippen LogP contribution in [0, 0.1) is 0 Å². The van der Waals surface area contributed by atoms with Gasteiger partial charge in [0.25, 0.3) is 17.7 Å². The van der Waals surface area contributed by atoms with Gasteiger partial charge in [-0.05, 0) is 204 Å². The molecule has 0 fully saturated rings. The minimum absolute atomic E-state index is 0.109. The zero-order valence-corrected chi connectivity index (χ0v) is 51.9. The Kier molecular flexibility index (Phi) is 22.8. The van der Waals surface area contributed by atoms with Gasteiger partial charge in [-0.15, -0.1) is 0 Å². The number of fused-ring (bicyclic) bond motifs is 3. The summed E-state index contributed by atoms with van der Waals surface area (Å²) in [5.74, 6) is -3.34. The van der Waals surface area contributed by atoms with E-state index < -0.39 is 40.3 Å². The third kappa shape index (κ3) is 16.2. The summed E-state index contributed by atoms with van der Waals surface area (Å²) in [5, 5.41) is 12.1. The van der Waals surface area contributed by atoms with Crippen molar-refractivity contribution in [1.82, 2.24) is 15.0 Å². The predicted molar refractivity (Wildman–Crippen MR) is 364 cm³/mol. The highest BCUT2D eigenvalue weighted by molar-refractivity contribution is 6.17. The molecule has 476 valence electrons. The number of ketones is 3. The molecular formula is C73H88N12O6. The molecule has 18 heteroatoms. The van der Waals surface area contributed by atoms with E-state index in [-0.39, 0.29) is 55.9 Å². The van der Waals surface area contributed by atoms with Crippen LogP contribution in [0.15, 0.2) is 164 Å². The molecule has 18 nitrogen and oxygen atoms in total. The Morgan fingerprint density at radius 3 is 0.879 bits per heavy atom. The molecule has 0 spiro atoms. The quantitative estimate of drug-likeness (QED) is 0.00991. The van der Waals surface area contributed by atoms with Gasteiger partial charge in [0.2, 0.25) is 0 Å². The van der Waals surface area contributed by atoms with Gasteiger partial charge in [0, 0.05) is 93.5 Å². The molecule has 0 bridgehead atoms. The van der Waals surface area contributed by atoms with Gasteiger partial charge >= 0.3 is 0 Å². The largest absolute Gasteiger partial charge is 0.361 e. The van der Waals surface area contributed by atoms with Crippen molar-refractivity contribution < 1.29 is 28.8 Å². The number of Topliss-reactive ketones (excluding diaryl/α,β-unsaturated/α-hetero) is 3. The van der Waals surface area contributed by atoms with E-state index >= 15 is 0 Å². The Bertz CT molecular complexity index is 3530. The van der Waals surface area contributed by atoms with E-state index in [1.807, 2.05) is 128 Å². The molecule has 0 saturated carbocycles. The number of nitrogens with one attached hydrogen (secondary N) is 6. The number of rotatable bonds is 36. The fourth-order valence-electron chi connectivity index (χ4n) is 12.4. The average Bonchev–Trinajstić information content (AvgIpc) is 2.36. The van der Waals surface area contributed by atoms with Crippen molar-refractivity contribution in [2.24, 2.45) is 34.4 Å². The van der Waals surface area contributed by atoms with Crippen LogP contribution in [-0.4, -0.2) is 86.3 Å². The minimum Gasteiger partial charge on any atom is -0.361 e. The van der Waals surface area contributed by atoms with Crippen LogP contribution < -0.4 is 50.4 Å². The molecule has 3 amide bonds. The number of aromatic nitrogens is 3. The van der Waals surface area contributed by atoms with Gasteiger partial charge in [-0.1, -0.05) is 91.0 Å². The fourth-order valence-corrected chi connectivity index (χ4v) is 12.4. The fraction of sp³-hybridized carbons (Fsp3) is 0.342. The van der Waals surface area contributed by atoms with Crippen LogP contribution in [-0.2, 0) is 48.0 Å². The van der Waals surface area contributed by atoms with E-state index in [0.29, 0.717) is 114 Å². The average molecular weight is 1230 g/mol. The normalized spacial score (nSPS) is 13.6. The zero-order chi connectivity index (χ0) is 64.4. The van der Waals surface area contributed by atoms with Crippen LogP contribution >= 0.6 is 0 Å². The number of benzene rings is 6. The van der Waals surface area contributed by atoms with Gasteiger partial charge in [-0.3, -0.25) is 28.8 Å². The van der Waals surface area contributed by atoms with Crippen LogP contribution in [0.1, 0.15) is 136 Å². The Hall–Kier alpha value is -8.88. The molecule has 0 unspecified atom stereocenters. The van der Waals surface area contributed by atoms with Crippen molar-refractivity contribution in [2.75, 3.05) is 35.6 Å². The number of unbranched alkanes of at least 4 members (excludes halogenated alkanes) is 3. The molecule has 3 aromatic heterocycles. The summed E-state index contributed by atoms with van der Waals surface area (Å²) in [7, 11) is 0. The highest BCUT2D eigenvalue weighted by atomic mass is 16.2. The van der Waals surface area contributed by atoms with Crippen molar-refractivity contribution in [1.29, 1.82) is 0 Å². The summed E-state index contributed by atoms with van der Waals surface area (Å²) in [4.78, 5) is 94.9. The number of hydrogen-bond donors (Lipinski definition) is 12. The Labute approximate surface area is 531 Å². The standard InChI is InChI=1S/C73H88N12O6/c74-43-10-7-40-71(77,64(86)25-13-16-52-46-80-61-22-4-1-19-58(52)61)68(89)83-55-34-28-49(29-35-55)67(50-30-36-56(37-31-50)84-69(90)72(78,41-8-11-44-75)65(87)26-14-17-53-47-81-62-23-5-2-20-59(53)62)51-32-38-57(39-33-51)85-70(91)73(79,42-9-12-45-76)66(88)27-15-18-54-48-82-63-24-6-3-21-60(54)63/h1-6,19-24,28-39,46-48,67,80-82H,7-18,25-27,40-45,74-79H2,(H,83,89)(H,84,90)(H,85,91)/t71-,72-,73-/m1/s1. The van der Waals surface area contributed by atoms with E-state index in [4.69, 9.17) is 34.4 Å². The number of anilines is 3. The maximum absolute atomic E-state index is 14.3. The van der Waals surface area contributed by atoms with Crippen LogP contribution in [0.5, 0.6) is 0 Å². The minimum atomic E-state index is -1.80. The molecule has 3 heterocycles. The Morgan fingerprint density at radius 2 is 0.615 bits per heavy atom. The molecule has 0 radical (unpaired) electrons. The second-order valence-electron chi connectivity index (χ2n) is 24.2. The van der Waals surface area contributed by atoms with Gasteiger partial charge in [-0.25, -0.2) is 0 Å². The maximum atomic E-state index is 14.3. The first kappa shape index (κ1) is 66.5. The van der Waals surface area contributed by atoms with Crippen LogP contribution in [0.2, 0.25) is 0 Å². The van der Waals surface area contributed by atoms with Crippen molar-refractivity contribution >= 4 is 84.8 Å². The summed E-state index contributed by atoms with van der Waals surface area (Å²) in [6.45, 7) is 1.17. The number of nitrogens with two attached hydrogens (primary N) is 6. The third-order valence-corrected chi connectivity index (χ3v) is 17.9. The highest BCUT2D eigenvalue weighted by Crippen LogP contribution is 2.36. The van der Waals surface area contributed by atoms with E-state index in [1.165, 1.54) is 0 Å². The second kappa shape index (κ2) is 31.2. The number of H-pyrrole nitrogens is 3. The topological polar surface area (TPSA) is 342 Å². The van der Waals surface area contributed by atoms with E-state index in [0.717, 1.165) is 66.1 Å². The molecule has 9 aromatic rings. The number of hydrogen-bond acceptors (Lipinski definition) is 12. The lowest BCUT2D eigenvalue weighted by Gasteiger charge is -2.28. The molecule has 0 aliphatic carbocycles. The number of aryl methyl sites for hydroxylation is 3. The van der Waals surface area contributed by atoms with Gasteiger partial charge in [0.15, 0.2) is 34.0 Å². The van der Waals surface area contributed by atoms with Gasteiger partial charge in [0.1, 0.15) is 0 Å². The number of carbonyl (C=O) groups is 6. The second-order valence-corrected chi connectivity index (χ2v) is 24.2. The van der Waals surface area contributed by atoms with Crippen molar-refractivity contribution in [3.8, 4) is 0 Å². The molecule has 9 rings (SSSR count). The summed E-state index contributed by atoms with van der Waals surface area (Å²) in [6, 6.07) is 45.8. The first-order chi connectivity index (χ1) is 44.1. The van der Waals surface area contributed by atoms with E-state index in [1.54, 1.807) is 36.4 Å². The molecule has 6 aromatic carbocycles. The number of carbonyl (C=O) groups excluding carboxylic acids is 6. The van der Waals surface area contributed by atoms with Gasteiger partial charge in [0.05, 0.1) is 0 Å². The lowest BCUT2D eigenvalue weighted by molar-refractivity contribution is -0.135. The molecule has 91 heavy (non-hydrogen) atoms. The van der Waals surface area contributed by atoms with Crippen molar-refractivity contribution in [3.05, 3.63) is 198 Å². The molecular weight excluding hydrogens is 1140 g/mol. The third-order valence-electron chi connectivity index (χ3n) is 17.9. The monoisotopic (exact) mass is 1230 g/mol. The number of para-hydroxylation sites is 3. The maximum Gasteiger partial charge on any atom is 0.252 e. The van der Waals surface area contributed by atoms with Crippen molar-refractivity contribution in [3.63, 3.8) is 0 Å².